The van der Waals surface area contributed by atoms with Crippen molar-refractivity contribution in [3.05, 3.63) is 92.2 Å². The zero-order chi connectivity index (χ0) is 21.4. The summed E-state index contributed by atoms with van der Waals surface area (Å²) in [6.07, 6.45) is 1.57. The van der Waals surface area contributed by atoms with Crippen molar-refractivity contribution in [2.24, 2.45) is 0 Å². The SMILES string of the molecule is Cc1ccc(C)c(N2C(=O)C(SCc3ccco3)=C(c3ccc(Cl)cc3Cl)C2=O)c1. The van der Waals surface area contributed by atoms with Crippen molar-refractivity contribution in [2.75, 3.05) is 4.90 Å². The molecule has 1 aliphatic heterocycles. The van der Waals surface area contributed by atoms with Crippen molar-refractivity contribution in [1.29, 1.82) is 0 Å². The molecule has 2 heterocycles. The molecule has 4 nitrogen and oxygen atoms in total. The van der Waals surface area contributed by atoms with E-state index in [0.29, 0.717) is 37.7 Å². The van der Waals surface area contributed by atoms with E-state index in [0.717, 1.165) is 11.1 Å². The molecule has 2 amide bonds. The molecule has 0 aliphatic carbocycles. The van der Waals surface area contributed by atoms with E-state index in [9.17, 15) is 9.59 Å². The minimum absolute atomic E-state index is 0.277. The van der Waals surface area contributed by atoms with Crippen LogP contribution in [0.3, 0.4) is 0 Å². The summed E-state index contributed by atoms with van der Waals surface area (Å²) in [5.74, 6) is 0.349. The molecule has 0 unspecified atom stereocenters. The molecule has 0 saturated carbocycles. The van der Waals surface area contributed by atoms with Crippen LogP contribution in [0.25, 0.3) is 5.57 Å². The molecule has 2 aromatic carbocycles. The molecule has 0 bridgehead atoms. The van der Waals surface area contributed by atoms with Gasteiger partial charge in [-0.05, 0) is 55.3 Å². The third kappa shape index (κ3) is 3.81. The van der Waals surface area contributed by atoms with Gasteiger partial charge in [0.25, 0.3) is 11.8 Å². The van der Waals surface area contributed by atoms with E-state index in [2.05, 4.69) is 0 Å². The molecular weight excluding hydrogens is 441 g/mol. The normalized spacial score (nSPS) is 14.2. The van der Waals surface area contributed by atoms with Crippen LogP contribution in [0.4, 0.5) is 5.69 Å². The number of halogens is 2. The van der Waals surface area contributed by atoms with Crippen molar-refractivity contribution in [2.45, 2.75) is 19.6 Å². The van der Waals surface area contributed by atoms with Crippen LogP contribution in [0.1, 0.15) is 22.5 Å². The van der Waals surface area contributed by atoms with E-state index in [4.69, 9.17) is 27.6 Å². The van der Waals surface area contributed by atoms with Gasteiger partial charge in [0.1, 0.15) is 5.76 Å². The van der Waals surface area contributed by atoms with Crippen LogP contribution in [0.2, 0.25) is 10.0 Å². The summed E-state index contributed by atoms with van der Waals surface area (Å²) in [7, 11) is 0. The molecule has 7 heteroatoms. The van der Waals surface area contributed by atoms with Crippen molar-refractivity contribution < 1.29 is 14.0 Å². The average molecular weight is 458 g/mol. The van der Waals surface area contributed by atoms with Crippen LogP contribution >= 0.6 is 35.0 Å². The third-order valence-corrected chi connectivity index (χ3v) is 6.43. The van der Waals surface area contributed by atoms with E-state index in [1.165, 1.54) is 16.7 Å². The minimum atomic E-state index is -0.403. The summed E-state index contributed by atoms with van der Waals surface area (Å²) < 4.78 is 5.39. The molecule has 0 saturated heterocycles. The van der Waals surface area contributed by atoms with E-state index in [-0.39, 0.29) is 11.5 Å². The van der Waals surface area contributed by atoms with Gasteiger partial charge in [0, 0.05) is 10.6 Å². The number of carbonyl (C=O) groups excluding carboxylic acids is 2. The van der Waals surface area contributed by atoms with Gasteiger partial charge in [0.2, 0.25) is 0 Å². The molecule has 1 aliphatic rings. The highest BCUT2D eigenvalue weighted by molar-refractivity contribution is 8.03. The Kier molecular flexibility index (Phi) is 5.78. The molecule has 0 radical (unpaired) electrons. The Morgan fingerprint density at radius 1 is 1.00 bits per heavy atom. The summed E-state index contributed by atoms with van der Waals surface area (Å²) in [4.78, 5) is 28.5. The zero-order valence-electron chi connectivity index (χ0n) is 16.2. The number of carbonyl (C=O) groups is 2. The Balaban J connectivity index is 1.82. The molecule has 30 heavy (non-hydrogen) atoms. The van der Waals surface area contributed by atoms with Crippen molar-refractivity contribution in [1.82, 2.24) is 0 Å². The number of hydrogen-bond acceptors (Lipinski definition) is 4. The molecule has 0 N–H and O–H groups in total. The van der Waals surface area contributed by atoms with Crippen molar-refractivity contribution >= 4 is 58.0 Å². The lowest BCUT2D eigenvalue weighted by molar-refractivity contribution is -0.119. The number of amides is 2. The Labute approximate surface area is 188 Å². The molecule has 0 atom stereocenters. The largest absolute Gasteiger partial charge is 0.468 e. The molecule has 0 fully saturated rings. The quantitative estimate of drug-likeness (QED) is 0.414. The van der Waals surface area contributed by atoms with Crippen LogP contribution < -0.4 is 4.90 Å². The number of furan rings is 1. The van der Waals surface area contributed by atoms with Gasteiger partial charge < -0.3 is 4.42 Å². The fourth-order valence-corrected chi connectivity index (χ4v) is 4.80. The minimum Gasteiger partial charge on any atom is -0.468 e. The van der Waals surface area contributed by atoms with E-state index in [1.54, 1.807) is 30.5 Å². The number of anilines is 1. The Bertz CT molecular complexity index is 1190. The number of aryl methyl sites for hydroxylation is 2. The van der Waals surface area contributed by atoms with Crippen LogP contribution in [0, 0.1) is 13.8 Å². The molecule has 152 valence electrons. The third-order valence-electron chi connectivity index (χ3n) is 4.79. The number of imide groups is 1. The Hall–Kier alpha value is -2.47. The van der Waals surface area contributed by atoms with Crippen molar-refractivity contribution in [3.8, 4) is 0 Å². The first-order chi connectivity index (χ1) is 14.4. The summed E-state index contributed by atoms with van der Waals surface area (Å²) in [5.41, 5.74) is 3.12. The molecule has 0 spiro atoms. The second-order valence-corrected chi connectivity index (χ2v) is 8.76. The second kappa shape index (κ2) is 8.34. The van der Waals surface area contributed by atoms with Gasteiger partial charge >= 0.3 is 0 Å². The number of benzene rings is 2. The maximum atomic E-state index is 13.5. The first kappa shape index (κ1) is 20.8. The smallest absolute Gasteiger partial charge is 0.272 e. The lowest BCUT2D eigenvalue weighted by Crippen LogP contribution is -2.32. The topological polar surface area (TPSA) is 50.5 Å². The second-order valence-electron chi connectivity index (χ2n) is 6.93. The van der Waals surface area contributed by atoms with Gasteiger partial charge in [-0.1, -0.05) is 41.4 Å². The van der Waals surface area contributed by atoms with Crippen molar-refractivity contribution in [3.63, 3.8) is 0 Å². The first-order valence-corrected chi connectivity index (χ1v) is 10.9. The van der Waals surface area contributed by atoms with Gasteiger partial charge in [0.15, 0.2) is 0 Å². The predicted octanol–water partition coefficient (Wildman–Crippen LogP) is 6.42. The maximum Gasteiger partial charge on any atom is 0.272 e. The fourth-order valence-electron chi connectivity index (χ4n) is 3.29. The summed E-state index contributed by atoms with van der Waals surface area (Å²) in [6, 6.07) is 14.2. The Morgan fingerprint density at radius 3 is 2.50 bits per heavy atom. The van der Waals surface area contributed by atoms with Crippen LogP contribution in [0.15, 0.2) is 64.1 Å². The van der Waals surface area contributed by atoms with Gasteiger partial charge in [-0.25, -0.2) is 4.90 Å². The van der Waals surface area contributed by atoms with Gasteiger partial charge in [-0.15, -0.1) is 11.8 Å². The summed E-state index contributed by atoms with van der Waals surface area (Å²) >= 11 is 13.7. The lowest BCUT2D eigenvalue weighted by Gasteiger charge is -2.18. The van der Waals surface area contributed by atoms with Crippen LogP contribution in [0.5, 0.6) is 0 Å². The van der Waals surface area contributed by atoms with Gasteiger partial charge in [-0.2, -0.15) is 0 Å². The zero-order valence-corrected chi connectivity index (χ0v) is 18.6. The average Bonchev–Trinajstić information content (AvgIpc) is 3.29. The lowest BCUT2D eigenvalue weighted by atomic mass is 10.1. The highest BCUT2D eigenvalue weighted by atomic mass is 35.5. The highest BCUT2D eigenvalue weighted by Crippen LogP contribution is 2.42. The first-order valence-electron chi connectivity index (χ1n) is 9.17. The number of rotatable bonds is 5. The van der Waals surface area contributed by atoms with E-state index < -0.39 is 5.91 Å². The van der Waals surface area contributed by atoms with E-state index >= 15 is 0 Å². The summed E-state index contributed by atoms with van der Waals surface area (Å²) in [5, 5.41) is 0.773. The van der Waals surface area contributed by atoms with Crippen LogP contribution in [-0.2, 0) is 15.3 Å². The number of thioether (sulfide) groups is 1. The monoisotopic (exact) mass is 457 g/mol. The Morgan fingerprint density at radius 2 is 1.80 bits per heavy atom. The maximum absolute atomic E-state index is 13.5. The molecule has 3 aromatic rings. The molecule has 4 rings (SSSR count). The highest BCUT2D eigenvalue weighted by Gasteiger charge is 2.41. The van der Waals surface area contributed by atoms with E-state index in [1.807, 2.05) is 38.1 Å². The number of nitrogens with zero attached hydrogens (tertiary/aromatic N) is 1. The summed E-state index contributed by atoms with van der Waals surface area (Å²) in [6.45, 7) is 3.79. The molecular formula is C23H17Cl2NO3S. The number of hydrogen-bond donors (Lipinski definition) is 0. The van der Waals surface area contributed by atoms with Gasteiger partial charge in [-0.3, -0.25) is 9.59 Å². The van der Waals surface area contributed by atoms with Gasteiger partial charge in [0.05, 0.1) is 33.2 Å². The predicted molar refractivity (Wildman–Crippen MR) is 122 cm³/mol. The van der Waals surface area contributed by atoms with Crippen LogP contribution in [-0.4, -0.2) is 11.8 Å². The fraction of sp³-hybridized carbons (Fsp3) is 0.130. The standard InChI is InChI=1S/C23H17Cl2NO3S/c1-13-5-6-14(2)19(10-13)26-22(27)20(17-8-7-15(24)11-18(17)25)21(23(26)28)30-12-16-4-3-9-29-16/h3-11H,12H2,1-2H3. The molecule has 1 aromatic heterocycles.